The Labute approximate surface area is 98.1 Å². The molecule has 0 aliphatic heterocycles. The fourth-order valence-corrected chi connectivity index (χ4v) is 2.23. The van der Waals surface area contributed by atoms with Crippen LogP contribution in [0.2, 0.25) is 15.2 Å². The third-order valence-electron chi connectivity index (χ3n) is 1.75. The van der Waals surface area contributed by atoms with Crippen LogP contribution in [0.5, 0.6) is 0 Å². The van der Waals surface area contributed by atoms with Crippen LogP contribution in [-0.4, -0.2) is 4.98 Å². The van der Waals surface area contributed by atoms with E-state index in [9.17, 15) is 0 Å². The van der Waals surface area contributed by atoms with E-state index in [1.807, 2.05) is 12.1 Å². The number of hydrogen-bond acceptors (Lipinski definition) is 0. The maximum atomic E-state index is 6.03. The molecule has 0 bridgehead atoms. The number of aromatic nitrogens is 1. The van der Waals surface area contributed by atoms with Gasteiger partial charge in [0.15, 0.2) is 0 Å². The minimum atomic E-state index is 0.414. The second-order valence-electron chi connectivity index (χ2n) is 2.54. The van der Waals surface area contributed by atoms with Gasteiger partial charge in [-0.2, -0.15) is 0 Å². The zero-order valence-electron chi connectivity index (χ0n) is 6.17. The molecular formula is C8H3BrCl3N. The van der Waals surface area contributed by atoms with E-state index >= 15 is 0 Å². The highest BCUT2D eigenvalue weighted by molar-refractivity contribution is 9.10. The normalized spacial score (nSPS) is 11.1. The van der Waals surface area contributed by atoms with Gasteiger partial charge >= 0.3 is 0 Å². The van der Waals surface area contributed by atoms with Gasteiger partial charge in [0.25, 0.3) is 0 Å². The molecule has 0 amide bonds. The summed E-state index contributed by atoms with van der Waals surface area (Å²) in [5.74, 6) is 0. The maximum Gasteiger partial charge on any atom is 0.126 e. The minimum absolute atomic E-state index is 0.414. The first-order chi connectivity index (χ1) is 6.11. The van der Waals surface area contributed by atoms with Crippen molar-refractivity contribution in [1.82, 2.24) is 4.98 Å². The lowest BCUT2D eigenvalue weighted by Crippen LogP contribution is -1.71. The van der Waals surface area contributed by atoms with E-state index in [1.165, 1.54) is 0 Å². The Bertz CT molecular complexity index is 478. The Morgan fingerprint density at radius 1 is 1.08 bits per heavy atom. The number of H-pyrrole nitrogens is 1. The van der Waals surface area contributed by atoms with Crippen molar-refractivity contribution in [2.24, 2.45) is 0 Å². The quantitative estimate of drug-likeness (QED) is 0.713. The van der Waals surface area contributed by atoms with Crippen LogP contribution in [-0.2, 0) is 0 Å². The number of nitrogens with one attached hydrogen (secondary N) is 1. The van der Waals surface area contributed by atoms with Gasteiger partial charge in [-0.3, -0.25) is 0 Å². The van der Waals surface area contributed by atoms with Gasteiger partial charge in [-0.1, -0.05) is 34.8 Å². The molecule has 68 valence electrons. The monoisotopic (exact) mass is 297 g/mol. The summed E-state index contributed by atoms with van der Waals surface area (Å²) in [7, 11) is 0. The summed E-state index contributed by atoms with van der Waals surface area (Å²) < 4.78 is 0.805. The van der Waals surface area contributed by atoms with Crippen molar-refractivity contribution in [1.29, 1.82) is 0 Å². The summed E-state index contributed by atoms with van der Waals surface area (Å²) in [6.07, 6.45) is 0. The second-order valence-corrected chi connectivity index (χ2v) is 4.53. The fourth-order valence-electron chi connectivity index (χ4n) is 1.15. The zero-order valence-corrected chi connectivity index (χ0v) is 10.0. The number of fused-ring (bicyclic) bond motifs is 1. The first kappa shape index (κ1) is 9.66. The predicted octanol–water partition coefficient (Wildman–Crippen LogP) is 4.89. The van der Waals surface area contributed by atoms with E-state index < -0.39 is 0 Å². The minimum Gasteiger partial charge on any atom is -0.344 e. The van der Waals surface area contributed by atoms with Gasteiger partial charge in [-0.25, -0.2) is 0 Å². The second kappa shape index (κ2) is 3.35. The number of aromatic amines is 1. The van der Waals surface area contributed by atoms with Gasteiger partial charge in [-0.05, 0) is 28.1 Å². The average molecular weight is 299 g/mol. The predicted molar refractivity (Wildman–Crippen MR) is 61.0 cm³/mol. The fraction of sp³-hybridized carbons (Fsp3) is 0. The van der Waals surface area contributed by atoms with Crippen LogP contribution >= 0.6 is 50.7 Å². The highest BCUT2D eigenvalue weighted by Gasteiger charge is 2.12. The van der Waals surface area contributed by atoms with Gasteiger partial charge in [-0.15, -0.1) is 0 Å². The molecular weight excluding hydrogens is 296 g/mol. The molecule has 1 aromatic carbocycles. The highest BCUT2D eigenvalue weighted by Crippen LogP contribution is 2.38. The Morgan fingerprint density at radius 3 is 2.46 bits per heavy atom. The van der Waals surface area contributed by atoms with Crippen LogP contribution in [0.4, 0.5) is 0 Å². The van der Waals surface area contributed by atoms with Crippen molar-refractivity contribution >= 4 is 61.6 Å². The molecule has 1 aromatic heterocycles. The molecule has 0 aliphatic rings. The standard InChI is InChI=1S/C8H3BrCl3N/c9-3-1-2-4-5(6(3)10)7(11)8(12)13-4/h1-2,13H. The van der Waals surface area contributed by atoms with E-state index in [2.05, 4.69) is 20.9 Å². The molecule has 0 atom stereocenters. The largest absolute Gasteiger partial charge is 0.344 e. The molecule has 2 aromatic rings. The Morgan fingerprint density at radius 2 is 1.77 bits per heavy atom. The summed E-state index contributed by atoms with van der Waals surface area (Å²) >= 11 is 21.1. The summed E-state index contributed by atoms with van der Waals surface area (Å²) in [5.41, 5.74) is 0.836. The van der Waals surface area contributed by atoms with Crippen LogP contribution < -0.4 is 0 Å². The molecule has 1 nitrogen and oxygen atoms in total. The lowest BCUT2D eigenvalue weighted by Gasteiger charge is -1.97. The van der Waals surface area contributed by atoms with Gasteiger partial charge in [0.1, 0.15) is 5.15 Å². The molecule has 0 radical (unpaired) electrons. The van der Waals surface area contributed by atoms with Crippen molar-refractivity contribution in [3.05, 3.63) is 31.8 Å². The highest BCUT2D eigenvalue weighted by atomic mass is 79.9. The van der Waals surface area contributed by atoms with Crippen LogP contribution in [0.25, 0.3) is 10.9 Å². The molecule has 0 saturated heterocycles. The first-order valence-corrected chi connectivity index (χ1v) is 5.34. The molecule has 0 fully saturated rings. The van der Waals surface area contributed by atoms with Gasteiger partial charge < -0.3 is 4.98 Å². The van der Waals surface area contributed by atoms with Gasteiger partial charge in [0.05, 0.1) is 10.0 Å². The van der Waals surface area contributed by atoms with E-state index in [4.69, 9.17) is 34.8 Å². The van der Waals surface area contributed by atoms with E-state index in [1.54, 1.807) is 0 Å². The smallest absolute Gasteiger partial charge is 0.126 e. The molecule has 2 rings (SSSR count). The lowest BCUT2D eigenvalue weighted by atomic mass is 10.2. The molecule has 13 heavy (non-hydrogen) atoms. The molecule has 0 saturated carbocycles. The molecule has 5 heteroatoms. The van der Waals surface area contributed by atoms with Crippen LogP contribution in [0.1, 0.15) is 0 Å². The third kappa shape index (κ3) is 1.46. The maximum absolute atomic E-state index is 6.03. The molecule has 1 N–H and O–H groups in total. The first-order valence-electron chi connectivity index (χ1n) is 3.42. The number of rotatable bonds is 0. The number of benzene rings is 1. The average Bonchev–Trinajstić information content (AvgIpc) is 2.37. The summed E-state index contributed by atoms with van der Waals surface area (Å²) in [6.45, 7) is 0. The molecule has 1 heterocycles. The third-order valence-corrected chi connectivity index (χ3v) is 3.79. The topological polar surface area (TPSA) is 15.8 Å². The SMILES string of the molecule is Clc1[nH]c2ccc(Br)c(Cl)c2c1Cl. The number of hydrogen-bond donors (Lipinski definition) is 1. The summed E-state index contributed by atoms with van der Waals surface area (Å²) in [5, 5.41) is 2.20. The molecule has 0 aliphatic carbocycles. The van der Waals surface area contributed by atoms with E-state index in [0.717, 1.165) is 15.4 Å². The summed E-state index contributed by atoms with van der Waals surface area (Å²) in [6, 6.07) is 3.71. The van der Waals surface area contributed by atoms with Crippen molar-refractivity contribution in [3.63, 3.8) is 0 Å². The van der Waals surface area contributed by atoms with Gasteiger partial charge in [0, 0.05) is 15.4 Å². The van der Waals surface area contributed by atoms with Crippen LogP contribution in [0, 0.1) is 0 Å². The van der Waals surface area contributed by atoms with E-state index in [-0.39, 0.29) is 0 Å². The molecule has 0 spiro atoms. The zero-order chi connectivity index (χ0) is 9.59. The summed E-state index contributed by atoms with van der Waals surface area (Å²) in [4.78, 5) is 2.92. The Balaban J connectivity index is 2.97. The van der Waals surface area contributed by atoms with Crippen LogP contribution in [0.3, 0.4) is 0 Å². The van der Waals surface area contributed by atoms with E-state index in [0.29, 0.717) is 15.2 Å². The van der Waals surface area contributed by atoms with Crippen molar-refractivity contribution in [2.45, 2.75) is 0 Å². The van der Waals surface area contributed by atoms with Crippen molar-refractivity contribution < 1.29 is 0 Å². The lowest BCUT2D eigenvalue weighted by molar-refractivity contribution is 1.47. The van der Waals surface area contributed by atoms with Crippen molar-refractivity contribution in [3.8, 4) is 0 Å². The van der Waals surface area contributed by atoms with Crippen LogP contribution in [0.15, 0.2) is 16.6 Å². The van der Waals surface area contributed by atoms with Crippen molar-refractivity contribution in [2.75, 3.05) is 0 Å². The Hall–Kier alpha value is 0.110. The van der Waals surface area contributed by atoms with Gasteiger partial charge in [0.2, 0.25) is 0 Å². The molecule has 0 unspecified atom stereocenters. The Kier molecular flexibility index (Phi) is 2.49. The number of halogens is 4.